The zero-order chi connectivity index (χ0) is 11.8. The Bertz CT molecular complexity index is 328. The summed E-state index contributed by atoms with van der Waals surface area (Å²) in [5.41, 5.74) is 7.27. The summed E-state index contributed by atoms with van der Waals surface area (Å²) >= 11 is 0. The van der Waals surface area contributed by atoms with Crippen LogP contribution in [-0.2, 0) is 11.3 Å². The molecule has 0 atom stereocenters. The number of nitrogens with two attached hydrogens (primary N) is 1. The molecule has 1 rings (SSSR count). The molecule has 0 saturated carbocycles. The third-order valence-corrected chi connectivity index (χ3v) is 2.15. The van der Waals surface area contributed by atoms with E-state index in [-0.39, 0.29) is 18.5 Å². The maximum atomic E-state index is 11.2. The van der Waals surface area contributed by atoms with E-state index in [0.29, 0.717) is 18.8 Å². The summed E-state index contributed by atoms with van der Waals surface area (Å²) in [6.45, 7) is 2.99. The summed E-state index contributed by atoms with van der Waals surface area (Å²) in [6.07, 6.45) is 1.55. The Morgan fingerprint density at radius 1 is 1.35 bits per heavy atom. The van der Waals surface area contributed by atoms with Gasteiger partial charge in [-0.2, -0.15) is 0 Å². The molecule has 1 aromatic carbocycles. The number of carbonyl (C=O) groups is 1. The standard InChI is InChI=1S/C12H18N2O2.ClH/c1-2-3-8-16-12(15)14-9-10-4-6-11(13)7-5-10;/h4-7H,2-3,8-9,13H2,1H3,(H,14,15);1H. The minimum absolute atomic E-state index is 0. The summed E-state index contributed by atoms with van der Waals surface area (Å²) in [5, 5.41) is 2.68. The van der Waals surface area contributed by atoms with E-state index in [9.17, 15) is 4.79 Å². The highest BCUT2D eigenvalue weighted by molar-refractivity contribution is 5.85. The first-order valence-electron chi connectivity index (χ1n) is 5.47. The summed E-state index contributed by atoms with van der Waals surface area (Å²) in [7, 11) is 0. The van der Waals surface area contributed by atoms with Crippen molar-refractivity contribution in [3.05, 3.63) is 29.8 Å². The number of carbonyl (C=O) groups excluding carboxylic acids is 1. The average Bonchev–Trinajstić information content (AvgIpc) is 2.29. The topological polar surface area (TPSA) is 64.3 Å². The molecule has 0 heterocycles. The Balaban J connectivity index is 0.00000256. The van der Waals surface area contributed by atoms with Gasteiger partial charge >= 0.3 is 6.09 Å². The first kappa shape index (κ1) is 15.6. The maximum absolute atomic E-state index is 11.2. The summed E-state index contributed by atoms with van der Waals surface area (Å²) in [4.78, 5) is 11.2. The van der Waals surface area contributed by atoms with Gasteiger partial charge in [0, 0.05) is 12.2 Å². The highest BCUT2D eigenvalue weighted by Gasteiger charge is 2.00. The highest BCUT2D eigenvalue weighted by Crippen LogP contribution is 2.04. The molecule has 0 aromatic heterocycles. The second-order valence-corrected chi connectivity index (χ2v) is 3.58. The number of amides is 1. The quantitative estimate of drug-likeness (QED) is 0.630. The number of alkyl carbamates (subject to hydrolysis) is 1. The van der Waals surface area contributed by atoms with Crippen LogP contribution < -0.4 is 11.1 Å². The van der Waals surface area contributed by atoms with Gasteiger partial charge in [0.1, 0.15) is 0 Å². The highest BCUT2D eigenvalue weighted by atomic mass is 35.5. The molecule has 17 heavy (non-hydrogen) atoms. The smallest absolute Gasteiger partial charge is 0.407 e. The van der Waals surface area contributed by atoms with Crippen molar-refractivity contribution < 1.29 is 9.53 Å². The fourth-order valence-corrected chi connectivity index (χ4v) is 1.17. The van der Waals surface area contributed by atoms with Gasteiger partial charge < -0.3 is 15.8 Å². The Morgan fingerprint density at radius 2 is 2.00 bits per heavy atom. The monoisotopic (exact) mass is 258 g/mol. The van der Waals surface area contributed by atoms with Crippen molar-refractivity contribution in [1.29, 1.82) is 0 Å². The van der Waals surface area contributed by atoms with Crippen molar-refractivity contribution in [2.45, 2.75) is 26.3 Å². The van der Waals surface area contributed by atoms with Crippen molar-refractivity contribution in [1.82, 2.24) is 5.32 Å². The Hall–Kier alpha value is -1.42. The fourth-order valence-electron chi connectivity index (χ4n) is 1.17. The molecule has 0 saturated heterocycles. The predicted octanol–water partition coefficient (Wildman–Crippen LogP) is 2.72. The molecule has 0 spiro atoms. The van der Waals surface area contributed by atoms with Gasteiger partial charge in [0.2, 0.25) is 0 Å². The molecule has 5 heteroatoms. The van der Waals surface area contributed by atoms with Crippen molar-refractivity contribution >= 4 is 24.2 Å². The van der Waals surface area contributed by atoms with Crippen LogP contribution in [0.4, 0.5) is 10.5 Å². The molecular weight excluding hydrogens is 240 g/mol. The van der Waals surface area contributed by atoms with Crippen molar-refractivity contribution in [3.63, 3.8) is 0 Å². The number of hydrogen-bond donors (Lipinski definition) is 2. The minimum Gasteiger partial charge on any atom is -0.450 e. The number of ether oxygens (including phenoxy) is 1. The molecule has 0 unspecified atom stereocenters. The van der Waals surface area contributed by atoms with E-state index < -0.39 is 0 Å². The number of rotatable bonds is 5. The first-order chi connectivity index (χ1) is 7.72. The molecule has 0 bridgehead atoms. The number of nitrogens with one attached hydrogen (secondary N) is 1. The van der Waals surface area contributed by atoms with E-state index in [1.54, 1.807) is 12.1 Å². The molecule has 0 aliphatic heterocycles. The number of halogens is 1. The van der Waals surface area contributed by atoms with Crippen molar-refractivity contribution in [3.8, 4) is 0 Å². The second kappa shape index (κ2) is 8.70. The third kappa shape index (κ3) is 6.68. The Kier molecular flexibility index (Phi) is 7.97. The van der Waals surface area contributed by atoms with E-state index in [1.807, 2.05) is 12.1 Å². The Labute approximate surface area is 108 Å². The van der Waals surface area contributed by atoms with Gasteiger partial charge in [-0.15, -0.1) is 12.4 Å². The van der Waals surface area contributed by atoms with E-state index in [2.05, 4.69) is 12.2 Å². The predicted molar refractivity (Wildman–Crippen MR) is 71.2 cm³/mol. The SMILES string of the molecule is CCCCOC(=O)NCc1ccc(N)cc1.Cl. The van der Waals surface area contributed by atoms with Gasteiger partial charge in [0.15, 0.2) is 0 Å². The molecule has 96 valence electrons. The molecule has 0 aliphatic carbocycles. The van der Waals surface area contributed by atoms with Crippen molar-refractivity contribution in [2.75, 3.05) is 12.3 Å². The van der Waals surface area contributed by atoms with Crippen molar-refractivity contribution in [2.24, 2.45) is 0 Å². The van der Waals surface area contributed by atoms with E-state index in [4.69, 9.17) is 10.5 Å². The van der Waals surface area contributed by atoms with E-state index >= 15 is 0 Å². The molecule has 0 aliphatic rings. The van der Waals surface area contributed by atoms with Gasteiger partial charge in [-0.05, 0) is 24.1 Å². The van der Waals surface area contributed by atoms with Crippen LogP contribution in [0, 0.1) is 0 Å². The molecule has 4 nitrogen and oxygen atoms in total. The van der Waals surface area contributed by atoms with E-state index in [1.165, 1.54) is 0 Å². The number of unbranched alkanes of at least 4 members (excludes halogenated alkanes) is 1. The number of nitrogen functional groups attached to an aromatic ring is 1. The van der Waals surface area contributed by atoms with Crippen LogP contribution in [0.2, 0.25) is 0 Å². The van der Waals surface area contributed by atoms with Gasteiger partial charge in [-0.25, -0.2) is 4.79 Å². The molecule has 1 amide bonds. The maximum Gasteiger partial charge on any atom is 0.407 e. The minimum atomic E-state index is -0.370. The van der Waals surface area contributed by atoms with Crippen LogP contribution >= 0.6 is 12.4 Å². The van der Waals surface area contributed by atoms with Crippen LogP contribution in [0.3, 0.4) is 0 Å². The zero-order valence-electron chi connectivity index (χ0n) is 9.94. The fraction of sp³-hybridized carbons (Fsp3) is 0.417. The molecule has 0 fully saturated rings. The molecular formula is C12H19ClN2O2. The van der Waals surface area contributed by atoms with Gasteiger partial charge in [-0.3, -0.25) is 0 Å². The van der Waals surface area contributed by atoms with Gasteiger partial charge in [0.05, 0.1) is 6.61 Å². The number of anilines is 1. The summed E-state index contributed by atoms with van der Waals surface area (Å²) in [6, 6.07) is 7.36. The van der Waals surface area contributed by atoms with Crippen LogP contribution in [0.25, 0.3) is 0 Å². The number of benzene rings is 1. The molecule has 1 aromatic rings. The molecule has 0 radical (unpaired) electrons. The lowest BCUT2D eigenvalue weighted by Gasteiger charge is -2.06. The first-order valence-corrected chi connectivity index (χ1v) is 5.47. The lowest BCUT2D eigenvalue weighted by molar-refractivity contribution is 0.144. The summed E-state index contributed by atoms with van der Waals surface area (Å²) < 4.78 is 4.95. The van der Waals surface area contributed by atoms with Crippen LogP contribution in [0.1, 0.15) is 25.3 Å². The van der Waals surface area contributed by atoms with Gasteiger partial charge in [0.25, 0.3) is 0 Å². The zero-order valence-corrected chi connectivity index (χ0v) is 10.8. The van der Waals surface area contributed by atoms with Crippen LogP contribution in [0.15, 0.2) is 24.3 Å². The normalized spacial score (nSPS) is 9.24. The van der Waals surface area contributed by atoms with Gasteiger partial charge in [-0.1, -0.05) is 25.5 Å². The largest absolute Gasteiger partial charge is 0.450 e. The third-order valence-electron chi connectivity index (χ3n) is 2.15. The van der Waals surface area contributed by atoms with Crippen LogP contribution in [-0.4, -0.2) is 12.7 Å². The second-order valence-electron chi connectivity index (χ2n) is 3.58. The van der Waals surface area contributed by atoms with E-state index in [0.717, 1.165) is 18.4 Å². The average molecular weight is 259 g/mol. The summed E-state index contributed by atoms with van der Waals surface area (Å²) in [5.74, 6) is 0. The lowest BCUT2D eigenvalue weighted by atomic mass is 10.2. The Morgan fingerprint density at radius 3 is 2.59 bits per heavy atom. The number of hydrogen-bond acceptors (Lipinski definition) is 3. The molecule has 3 N–H and O–H groups in total. The van der Waals surface area contributed by atoms with Crippen LogP contribution in [0.5, 0.6) is 0 Å². The lowest BCUT2D eigenvalue weighted by Crippen LogP contribution is -2.24.